The minimum absolute atomic E-state index is 0.0216. The first kappa shape index (κ1) is 12.9. The minimum atomic E-state index is -2.25. The minimum Gasteiger partial charge on any atom is -0.394 e. The second kappa shape index (κ2) is 4.77. The molecule has 3 nitrogen and oxygen atoms in total. The molecule has 0 aliphatic heterocycles. The van der Waals surface area contributed by atoms with Gasteiger partial charge in [0.05, 0.1) is 12.2 Å². The molecule has 0 saturated heterocycles. The Kier molecular flexibility index (Phi) is 3.84. The van der Waals surface area contributed by atoms with E-state index >= 15 is 0 Å². The molecule has 0 bridgehead atoms. The first-order valence-corrected chi connectivity index (χ1v) is 4.20. The molecule has 16 heavy (non-hydrogen) atoms. The van der Waals surface area contributed by atoms with Crippen LogP contribution in [-0.2, 0) is 0 Å². The standard InChI is InChI=1S/C9H8F4O3/c10-3-1-4(11)8(13)6(7(3)12)9(16)5(15)2-14/h1,5,9,14-16H,2H2. The van der Waals surface area contributed by atoms with Crippen molar-refractivity contribution >= 4 is 0 Å². The van der Waals surface area contributed by atoms with Crippen LogP contribution in [0.2, 0.25) is 0 Å². The Morgan fingerprint density at radius 3 is 1.81 bits per heavy atom. The summed E-state index contributed by atoms with van der Waals surface area (Å²) in [5.74, 6) is -7.01. The molecule has 0 aliphatic carbocycles. The maximum absolute atomic E-state index is 13.1. The molecule has 1 rings (SSSR count). The second-order valence-corrected chi connectivity index (χ2v) is 3.08. The molecule has 7 heteroatoms. The molecule has 1 aromatic rings. The predicted octanol–water partition coefficient (Wildman–Crippen LogP) is 0.630. The molecular formula is C9H8F4O3. The third-order valence-corrected chi connectivity index (χ3v) is 1.99. The molecule has 0 aliphatic rings. The third kappa shape index (κ3) is 2.16. The Bertz CT molecular complexity index is 371. The van der Waals surface area contributed by atoms with Crippen LogP contribution in [0.4, 0.5) is 17.6 Å². The molecule has 0 amide bonds. The van der Waals surface area contributed by atoms with E-state index in [0.717, 1.165) is 0 Å². The van der Waals surface area contributed by atoms with Gasteiger partial charge in [0, 0.05) is 6.07 Å². The van der Waals surface area contributed by atoms with Crippen LogP contribution in [0, 0.1) is 23.3 Å². The van der Waals surface area contributed by atoms with Gasteiger partial charge in [-0.05, 0) is 0 Å². The number of rotatable bonds is 3. The summed E-state index contributed by atoms with van der Waals surface area (Å²) < 4.78 is 51.5. The summed E-state index contributed by atoms with van der Waals surface area (Å²) in [6, 6.07) is -0.0216. The van der Waals surface area contributed by atoms with E-state index < -0.39 is 47.6 Å². The van der Waals surface area contributed by atoms with Crippen molar-refractivity contribution in [3.05, 3.63) is 34.9 Å². The highest BCUT2D eigenvalue weighted by molar-refractivity contribution is 5.25. The van der Waals surface area contributed by atoms with Crippen LogP contribution in [0.3, 0.4) is 0 Å². The Morgan fingerprint density at radius 2 is 1.44 bits per heavy atom. The molecule has 0 fully saturated rings. The van der Waals surface area contributed by atoms with Crippen molar-refractivity contribution in [3.63, 3.8) is 0 Å². The summed E-state index contributed by atoms with van der Waals surface area (Å²) in [5, 5.41) is 26.6. The fourth-order valence-corrected chi connectivity index (χ4v) is 1.14. The Hall–Kier alpha value is -1.18. The lowest BCUT2D eigenvalue weighted by atomic mass is 10.0. The lowest BCUT2D eigenvalue weighted by molar-refractivity contribution is -0.0191. The molecule has 2 atom stereocenters. The quantitative estimate of drug-likeness (QED) is 0.536. The van der Waals surface area contributed by atoms with Gasteiger partial charge in [-0.15, -0.1) is 0 Å². The van der Waals surface area contributed by atoms with E-state index in [1.807, 2.05) is 0 Å². The van der Waals surface area contributed by atoms with Crippen molar-refractivity contribution in [2.45, 2.75) is 12.2 Å². The molecule has 0 radical (unpaired) electrons. The van der Waals surface area contributed by atoms with E-state index in [9.17, 15) is 22.7 Å². The van der Waals surface area contributed by atoms with Crippen molar-refractivity contribution in [1.82, 2.24) is 0 Å². The summed E-state index contributed by atoms with van der Waals surface area (Å²) in [7, 11) is 0. The highest BCUT2D eigenvalue weighted by atomic mass is 19.2. The third-order valence-electron chi connectivity index (χ3n) is 1.99. The summed E-state index contributed by atoms with van der Waals surface area (Å²) in [4.78, 5) is 0. The van der Waals surface area contributed by atoms with Gasteiger partial charge in [-0.25, -0.2) is 17.6 Å². The van der Waals surface area contributed by atoms with Crippen LogP contribution < -0.4 is 0 Å². The van der Waals surface area contributed by atoms with Crippen molar-refractivity contribution in [2.75, 3.05) is 6.61 Å². The zero-order valence-corrected chi connectivity index (χ0v) is 7.79. The van der Waals surface area contributed by atoms with Crippen LogP contribution in [0.5, 0.6) is 0 Å². The van der Waals surface area contributed by atoms with Gasteiger partial charge in [-0.3, -0.25) is 0 Å². The van der Waals surface area contributed by atoms with Crippen molar-refractivity contribution in [1.29, 1.82) is 0 Å². The SMILES string of the molecule is OCC(O)C(O)c1c(F)c(F)cc(F)c1F. The molecular weight excluding hydrogens is 232 g/mol. The molecule has 0 spiro atoms. The molecule has 2 unspecified atom stereocenters. The number of aliphatic hydroxyl groups excluding tert-OH is 3. The van der Waals surface area contributed by atoms with Gasteiger partial charge in [0.15, 0.2) is 23.3 Å². The zero-order valence-electron chi connectivity index (χ0n) is 7.79. The Morgan fingerprint density at radius 1 is 1.00 bits per heavy atom. The monoisotopic (exact) mass is 240 g/mol. The number of aliphatic hydroxyl groups is 3. The molecule has 0 aromatic heterocycles. The van der Waals surface area contributed by atoms with Gasteiger partial charge < -0.3 is 15.3 Å². The van der Waals surface area contributed by atoms with E-state index in [4.69, 9.17) is 10.2 Å². The summed E-state index contributed by atoms with van der Waals surface area (Å²) >= 11 is 0. The van der Waals surface area contributed by atoms with Gasteiger partial charge in [-0.1, -0.05) is 0 Å². The average molecular weight is 240 g/mol. The number of hydrogen-bond donors (Lipinski definition) is 3. The van der Waals surface area contributed by atoms with Crippen LogP contribution in [-0.4, -0.2) is 28.0 Å². The van der Waals surface area contributed by atoms with Crippen LogP contribution >= 0.6 is 0 Å². The van der Waals surface area contributed by atoms with Crippen molar-refractivity contribution in [2.24, 2.45) is 0 Å². The fourth-order valence-electron chi connectivity index (χ4n) is 1.14. The van der Waals surface area contributed by atoms with Gasteiger partial charge in [0.25, 0.3) is 0 Å². The van der Waals surface area contributed by atoms with E-state index in [1.165, 1.54) is 0 Å². The van der Waals surface area contributed by atoms with Gasteiger partial charge in [-0.2, -0.15) is 0 Å². The lowest BCUT2D eigenvalue weighted by Crippen LogP contribution is -2.24. The normalized spacial score (nSPS) is 14.9. The Labute approximate surface area is 87.6 Å². The maximum atomic E-state index is 13.1. The second-order valence-electron chi connectivity index (χ2n) is 3.08. The van der Waals surface area contributed by atoms with Crippen LogP contribution in [0.1, 0.15) is 11.7 Å². The summed E-state index contributed by atoms with van der Waals surface area (Å²) in [5.41, 5.74) is -1.35. The topological polar surface area (TPSA) is 60.7 Å². The largest absolute Gasteiger partial charge is 0.394 e. The van der Waals surface area contributed by atoms with Crippen molar-refractivity contribution in [3.8, 4) is 0 Å². The first-order chi connectivity index (χ1) is 7.40. The van der Waals surface area contributed by atoms with E-state index in [1.54, 1.807) is 0 Å². The highest BCUT2D eigenvalue weighted by Crippen LogP contribution is 2.27. The average Bonchev–Trinajstić information content (AvgIpc) is 2.25. The Balaban J connectivity index is 3.31. The number of halogens is 4. The molecule has 0 heterocycles. The predicted molar refractivity (Wildman–Crippen MR) is 44.3 cm³/mol. The lowest BCUT2D eigenvalue weighted by Gasteiger charge is -2.17. The van der Waals surface area contributed by atoms with Gasteiger partial charge in [0.1, 0.15) is 12.2 Å². The first-order valence-electron chi connectivity index (χ1n) is 4.20. The summed E-state index contributed by atoms with van der Waals surface area (Å²) in [6.45, 7) is -1.02. The van der Waals surface area contributed by atoms with Crippen LogP contribution in [0.25, 0.3) is 0 Å². The zero-order chi connectivity index (χ0) is 12.5. The van der Waals surface area contributed by atoms with Crippen LogP contribution in [0.15, 0.2) is 6.07 Å². The number of hydrogen-bond acceptors (Lipinski definition) is 3. The fraction of sp³-hybridized carbons (Fsp3) is 0.333. The van der Waals surface area contributed by atoms with Gasteiger partial charge >= 0.3 is 0 Å². The van der Waals surface area contributed by atoms with Crippen molar-refractivity contribution < 1.29 is 32.9 Å². The highest BCUT2D eigenvalue weighted by Gasteiger charge is 2.29. The number of benzene rings is 1. The molecule has 3 N–H and O–H groups in total. The van der Waals surface area contributed by atoms with Gasteiger partial charge in [0.2, 0.25) is 0 Å². The molecule has 0 saturated carbocycles. The summed E-state index contributed by atoms with van der Waals surface area (Å²) in [6.07, 6.45) is -4.19. The van der Waals surface area contributed by atoms with E-state index in [-0.39, 0.29) is 6.07 Å². The molecule has 1 aromatic carbocycles. The molecule has 90 valence electrons. The smallest absolute Gasteiger partial charge is 0.167 e. The van der Waals surface area contributed by atoms with E-state index in [2.05, 4.69) is 0 Å². The maximum Gasteiger partial charge on any atom is 0.167 e. The van der Waals surface area contributed by atoms with E-state index in [0.29, 0.717) is 0 Å².